The van der Waals surface area contributed by atoms with Crippen LogP contribution in [-0.2, 0) is 5.41 Å². The molecule has 3 aromatic rings. The second kappa shape index (κ2) is 6.92. The third-order valence-electron chi connectivity index (χ3n) is 4.87. The monoisotopic (exact) mass is 316 g/mol. The van der Waals surface area contributed by atoms with Crippen LogP contribution in [0.4, 0.5) is 0 Å². The molecular formula is C23H24O. The molecule has 1 heteroatoms. The van der Waals surface area contributed by atoms with Crippen molar-refractivity contribution >= 4 is 0 Å². The van der Waals surface area contributed by atoms with Crippen LogP contribution in [0.15, 0.2) is 84.9 Å². The predicted molar refractivity (Wildman–Crippen MR) is 101 cm³/mol. The van der Waals surface area contributed by atoms with Crippen molar-refractivity contribution in [1.29, 1.82) is 0 Å². The number of hydrogen-bond donors (Lipinski definition) is 0. The average molecular weight is 316 g/mol. The number of benzene rings is 3. The SMILES string of the molecule is COc1ccc(C(c2ccccc2)(c2ccccc2)C(C)C)cc1. The van der Waals surface area contributed by atoms with Gasteiger partial charge in [0.2, 0.25) is 0 Å². The smallest absolute Gasteiger partial charge is 0.118 e. The van der Waals surface area contributed by atoms with Gasteiger partial charge in [-0.1, -0.05) is 86.6 Å². The van der Waals surface area contributed by atoms with Crippen LogP contribution in [0, 0.1) is 5.92 Å². The molecule has 0 heterocycles. The van der Waals surface area contributed by atoms with Crippen molar-refractivity contribution < 1.29 is 4.74 Å². The normalized spacial score (nSPS) is 11.5. The Hall–Kier alpha value is -2.54. The van der Waals surface area contributed by atoms with Crippen molar-refractivity contribution in [1.82, 2.24) is 0 Å². The van der Waals surface area contributed by atoms with Gasteiger partial charge in [0.05, 0.1) is 7.11 Å². The summed E-state index contributed by atoms with van der Waals surface area (Å²) in [6, 6.07) is 30.1. The molecule has 0 aliphatic carbocycles. The van der Waals surface area contributed by atoms with E-state index in [-0.39, 0.29) is 5.41 Å². The lowest BCUT2D eigenvalue weighted by molar-refractivity contribution is 0.411. The van der Waals surface area contributed by atoms with Gasteiger partial charge in [-0.25, -0.2) is 0 Å². The molecule has 0 saturated heterocycles. The fourth-order valence-corrected chi connectivity index (χ4v) is 3.76. The second-order valence-corrected chi connectivity index (χ2v) is 6.42. The summed E-state index contributed by atoms with van der Waals surface area (Å²) in [6.07, 6.45) is 0. The maximum absolute atomic E-state index is 5.35. The Morgan fingerprint density at radius 2 is 1.04 bits per heavy atom. The highest BCUT2D eigenvalue weighted by Gasteiger charge is 2.39. The van der Waals surface area contributed by atoms with E-state index >= 15 is 0 Å². The summed E-state index contributed by atoms with van der Waals surface area (Å²) in [5.74, 6) is 1.29. The minimum Gasteiger partial charge on any atom is -0.497 e. The van der Waals surface area contributed by atoms with Gasteiger partial charge in [-0.2, -0.15) is 0 Å². The fourth-order valence-electron chi connectivity index (χ4n) is 3.76. The Balaban J connectivity index is 2.30. The topological polar surface area (TPSA) is 9.23 Å². The molecule has 0 atom stereocenters. The van der Waals surface area contributed by atoms with Crippen LogP contribution >= 0.6 is 0 Å². The van der Waals surface area contributed by atoms with Crippen LogP contribution in [0.25, 0.3) is 0 Å². The molecule has 122 valence electrons. The third-order valence-corrected chi connectivity index (χ3v) is 4.87. The lowest BCUT2D eigenvalue weighted by Crippen LogP contribution is -2.35. The maximum Gasteiger partial charge on any atom is 0.118 e. The molecule has 24 heavy (non-hydrogen) atoms. The van der Waals surface area contributed by atoms with E-state index in [1.807, 2.05) is 0 Å². The number of rotatable bonds is 5. The van der Waals surface area contributed by atoms with Crippen molar-refractivity contribution in [2.75, 3.05) is 7.11 Å². The molecule has 0 spiro atoms. The Kier molecular flexibility index (Phi) is 4.71. The van der Waals surface area contributed by atoms with Gasteiger partial charge in [-0.05, 0) is 34.7 Å². The molecule has 0 aliphatic rings. The molecule has 0 radical (unpaired) electrons. The van der Waals surface area contributed by atoms with Crippen molar-refractivity contribution in [2.45, 2.75) is 19.3 Å². The van der Waals surface area contributed by atoms with Gasteiger partial charge < -0.3 is 4.74 Å². The zero-order chi connectivity index (χ0) is 17.0. The van der Waals surface area contributed by atoms with E-state index in [1.165, 1.54) is 16.7 Å². The van der Waals surface area contributed by atoms with Crippen LogP contribution in [0.3, 0.4) is 0 Å². The first-order valence-electron chi connectivity index (χ1n) is 8.45. The molecule has 3 aromatic carbocycles. The van der Waals surface area contributed by atoms with Gasteiger partial charge in [-0.3, -0.25) is 0 Å². The van der Waals surface area contributed by atoms with E-state index in [2.05, 4.69) is 98.8 Å². The molecule has 0 aliphatic heterocycles. The molecule has 0 unspecified atom stereocenters. The van der Waals surface area contributed by atoms with Crippen molar-refractivity contribution in [3.8, 4) is 5.75 Å². The van der Waals surface area contributed by atoms with E-state index in [0.717, 1.165) is 5.75 Å². The highest BCUT2D eigenvalue weighted by molar-refractivity contribution is 5.51. The zero-order valence-corrected chi connectivity index (χ0v) is 14.6. The minimum absolute atomic E-state index is 0.186. The molecule has 0 saturated carbocycles. The van der Waals surface area contributed by atoms with Gasteiger partial charge in [0, 0.05) is 5.41 Å². The van der Waals surface area contributed by atoms with Gasteiger partial charge >= 0.3 is 0 Å². The molecule has 0 amide bonds. The number of hydrogen-bond acceptors (Lipinski definition) is 1. The Morgan fingerprint density at radius 3 is 1.42 bits per heavy atom. The van der Waals surface area contributed by atoms with Crippen molar-refractivity contribution in [2.24, 2.45) is 5.92 Å². The predicted octanol–water partition coefficient (Wildman–Crippen LogP) is 5.69. The molecule has 3 rings (SSSR count). The summed E-state index contributed by atoms with van der Waals surface area (Å²) in [7, 11) is 1.71. The van der Waals surface area contributed by atoms with Gasteiger partial charge in [-0.15, -0.1) is 0 Å². The summed E-state index contributed by atoms with van der Waals surface area (Å²) < 4.78 is 5.35. The summed E-state index contributed by atoms with van der Waals surface area (Å²) in [6.45, 7) is 4.59. The summed E-state index contributed by atoms with van der Waals surface area (Å²) in [5, 5.41) is 0. The quantitative estimate of drug-likeness (QED) is 0.550. The largest absolute Gasteiger partial charge is 0.497 e. The molecular weight excluding hydrogens is 292 g/mol. The highest BCUT2D eigenvalue weighted by Crippen LogP contribution is 2.45. The first-order valence-corrected chi connectivity index (χ1v) is 8.45. The second-order valence-electron chi connectivity index (χ2n) is 6.42. The van der Waals surface area contributed by atoms with Crippen LogP contribution in [0.2, 0.25) is 0 Å². The maximum atomic E-state index is 5.35. The lowest BCUT2D eigenvalue weighted by Gasteiger charge is -2.40. The summed E-state index contributed by atoms with van der Waals surface area (Å²) in [5.41, 5.74) is 3.73. The first kappa shape index (κ1) is 16.3. The van der Waals surface area contributed by atoms with Crippen LogP contribution in [0.5, 0.6) is 5.75 Å². The Labute approximate surface area is 144 Å². The molecule has 0 aromatic heterocycles. The minimum atomic E-state index is -0.186. The van der Waals surface area contributed by atoms with E-state index in [9.17, 15) is 0 Å². The molecule has 0 fully saturated rings. The van der Waals surface area contributed by atoms with Gasteiger partial charge in [0.1, 0.15) is 5.75 Å². The third kappa shape index (κ3) is 2.71. The van der Waals surface area contributed by atoms with E-state index in [0.29, 0.717) is 5.92 Å². The average Bonchev–Trinajstić information content (AvgIpc) is 2.64. The van der Waals surface area contributed by atoms with Crippen molar-refractivity contribution in [3.05, 3.63) is 102 Å². The lowest BCUT2D eigenvalue weighted by atomic mass is 9.63. The van der Waals surface area contributed by atoms with Crippen LogP contribution in [0.1, 0.15) is 30.5 Å². The Bertz CT molecular complexity index is 719. The molecule has 1 nitrogen and oxygen atoms in total. The molecule has 0 bridgehead atoms. The standard InChI is InChI=1S/C23H24O/c1-18(2)23(19-10-6-4-7-11-19,20-12-8-5-9-13-20)21-14-16-22(24-3)17-15-21/h4-18H,1-3H3. The highest BCUT2D eigenvalue weighted by atomic mass is 16.5. The van der Waals surface area contributed by atoms with Gasteiger partial charge in [0.25, 0.3) is 0 Å². The Morgan fingerprint density at radius 1 is 0.625 bits per heavy atom. The zero-order valence-electron chi connectivity index (χ0n) is 14.6. The van der Waals surface area contributed by atoms with Crippen LogP contribution < -0.4 is 4.74 Å². The fraction of sp³-hybridized carbons (Fsp3) is 0.217. The first-order chi connectivity index (χ1) is 11.7. The van der Waals surface area contributed by atoms with Gasteiger partial charge in [0.15, 0.2) is 0 Å². The number of methoxy groups -OCH3 is 1. The van der Waals surface area contributed by atoms with E-state index < -0.39 is 0 Å². The van der Waals surface area contributed by atoms with E-state index in [1.54, 1.807) is 7.11 Å². The number of ether oxygens (including phenoxy) is 1. The summed E-state index contributed by atoms with van der Waals surface area (Å²) >= 11 is 0. The molecule has 0 N–H and O–H groups in total. The van der Waals surface area contributed by atoms with E-state index in [4.69, 9.17) is 4.74 Å². The van der Waals surface area contributed by atoms with Crippen LogP contribution in [-0.4, -0.2) is 7.11 Å². The summed E-state index contributed by atoms with van der Waals surface area (Å²) in [4.78, 5) is 0. The van der Waals surface area contributed by atoms with Crippen molar-refractivity contribution in [3.63, 3.8) is 0 Å².